The molecule has 0 spiro atoms. The molecule has 1 aromatic carbocycles. The van der Waals surface area contributed by atoms with E-state index in [-0.39, 0.29) is 34.2 Å². The number of methoxy groups -OCH3 is 1. The molecule has 0 aliphatic carbocycles. The van der Waals surface area contributed by atoms with E-state index in [0.717, 1.165) is 6.42 Å². The zero-order valence-electron chi connectivity index (χ0n) is 16.4. The number of rotatable bonds is 7. The molecular weight excluding hydrogens is 390 g/mol. The molecule has 0 bridgehead atoms. The molecule has 1 aliphatic heterocycles. The Kier molecular flexibility index (Phi) is 8.10. The maximum absolute atomic E-state index is 13.0. The minimum Gasteiger partial charge on any atom is -0.496 e. The van der Waals surface area contributed by atoms with Gasteiger partial charge in [-0.2, -0.15) is 4.31 Å². The number of hydrogen-bond donors (Lipinski definition) is 1. The van der Waals surface area contributed by atoms with Crippen molar-refractivity contribution < 1.29 is 17.9 Å². The van der Waals surface area contributed by atoms with Gasteiger partial charge in [-0.1, -0.05) is 20.8 Å². The number of amides is 1. The highest BCUT2D eigenvalue weighted by Crippen LogP contribution is 2.32. The van der Waals surface area contributed by atoms with E-state index in [4.69, 9.17) is 10.5 Å². The molecule has 7 nitrogen and oxygen atoms in total. The van der Waals surface area contributed by atoms with Crippen molar-refractivity contribution in [3.8, 4) is 5.75 Å². The molecule has 2 rings (SSSR count). The predicted molar refractivity (Wildman–Crippen MR) is 108 cm³/mol. The Morgan fingerprint density at radius 1 is 1.33 bits per heavy atom. The van der Waals surface area contributed by atoms with Crippen LogP contribution in [-0.4, -0.2) is 63.4 Å². The summed E-state index contributed by atoms with van der Waals surface area (Å²) in [6, 6.07) is 4.45. The quantitative estimate of drug-likeness (QED) is 0.729. The molecule has 0 saturated carbocycles. The molecule has 1 aliphatic rings. The van der Waals surface area contributed by atoms with Gasteiger partial charge in [-0.25, -0.2) is 8.42 Å². The first-order valence-corrected chi connectivity index (χ1v) is 10.3. The number of hydrogen-bond acceptors (Lipinski definition) is 5. The second-order valence-electron chi connectivity index (χ2n) is 6.94. The van der Waals surface area contributed by atoms with Crippen LogP contribution in [0.4, 0.5) is 0 Å². The maximum Gasteiger partial charge on any atom is 0.257 e. The third-order valence-corrected chi connectivity index (χ3v) is 7.13. The summed E-state index contributed by atoms with van der Waals surface area (Å²) < 4.78 is 32.2. The number of carbonyl (C=O) groups is 1. The van der Waals surface area contributed by atoms with E-state index in [9.17, 15) is 13.2 Å². The van der Waals surface area contributed by atoms with Gasteiger partial charge in [0.2, 0.25) is 10.0 Å². The smallest absolute Gasteiger partial charge is 0.257 e. The van der Waals surface area contributed by atoms with Crippen LogP contribution in [-0.2, 0) is 10.0 Å². The second-order valence-corrected chi connectivity index (χ2v) is 8.88. The van der Waals surface area contributed by atoms with E-state index >= 15 is 0 Å². The van der Waals surface area contributed by atoms with Gasteiger partial charge in [0.1, 0.15) is 5.75 Å². The van der Waals surface area contributed by atoms with Crippen LogP contribution in [0.25, 0.3) is 0 Å². The Morgan fingerprint density at radius 3 is 2.44 bits per heavy atom. The summed E-state index contributed by atoms with van der Waals surface area (Å²) in [6.07, 6.45) is 0.828. The van der Waals surface area contributed by atoms with Crippen LogP contribution < -0.4 is 10.5 Å². The van der Waals surface area contributed by atoms with Crippen molar-refractivity contribution in [2.24, 2.45) is 11.1 Å². The molecule has 1 unspecified atom stereocenters. The second kappa shape index (κ2) is 9.23. The summed E-state index contributed by atoms with van der Waals surface area (Å²) in [5.41, 5.74) is 5.99. The molecule has 0 radical (unpaired) electrons. The van der Waals surface area contributed by atoms with E-state index in [1.54, 1.807) is 24.8 Å². The van der Waals surface area contributed by atoms with Crippen molar-refractivity contribution in [2.45, 2.75) is 32.1 Å². The standard InChI is InChI=1S/C18H29N3O4S.ClH/c1-5-21(6-2)26(23,24)14-7-8-16(25-4)15(11-14)17(22)20-10-9-18(3,12-19)13-20;/h7-8,11H,5-6,9-10,12-13,19H2,1-4H3;1H. The van der Waals surface area contributed by atoms with E-state index in [2.05, 4.69) is 6.92 Å². The SMILES string of the molecule is CCN(CC)S(=O)(=O)c1ccc(OC)c(C(=O)N2CCC(C)(CN)C2)c1.Cl. The first-order chi connectivity index (χ1) is 12.2. The highest BCUT2D eigenvalue weighted by Gasteiger charge is 2.36. The van der Waals surface area contributed by atoms with Crippen LogP contribution >= 0.6 is 12.4 Å². The fourth-order valence-electron chi connectivity index (χ4n) is 3.26. The van der Waals surface area contributed by atoms with Crippen LogP contribution in [0.15, 0.2) is 23.1 Å². The van der Waals surface area contributed by atoms with E-state index < -0.39 is 10.0 Å². The van der Waals surface area contributed by atoms with Crippen LogP contribution in [0.5, 0.6) is 5.75 Å². The number of ether oxygens (including phenoxy) is 1. The van der Waals surface area contributed by atoms with Gasteiger partial charge in [-0.3, -0.25) is 4.79 Å². The Balaban J connectivity index is 0.00000364. The van der Waals surface area contributed by atoms with Gasteiger partial charge in [0, 0.05) is 26.2 Å². The fraction of sp³-hybridized carbons (Fsp3) is 0.611. The minimum atomic E-state index is -3.65. The summed E-state index contributed by atoms with van der Waals surface area (Å²) in [4.78, 5) is 14.8. The number of carbonyl (C=O) groups excluding carboxylic acids is 1. The van der Waals surface area contributed by atoms with Crippen LogP contribution in [0, 0.1) is 5.41 Å². The lowest BCUT2D eigenvalue weighted by Gasteiger charge is -2.24. The van der Waals surface area contributed by atoms with Gasteiger partial charge >= 0.3 is 0 Å². The Labute approximate surface area is 168 Å². The van der Waals surface area contributed by atoms with Crippen molar-refractivity contribution in [2.75, 3.05) is 39.8 Å². The van der Waals surface area contributed by atoms with Crippen molar-refractivity contribution >= 4 is 28.3 Å². The lowest BCUT2D eigenvalue weighted by atomic mass is 9.90. The van der Waals surface area contributed by atoms with Gasteiger partial charge < -0.3 is 15.4 Å². The molecule has 154 valence electrons. The first kappa shape index (κ1) is 23.7. The number of sulfonamides is 1. The molecule has 1 fully saturated rings. The first-order valence-electron chi connectivity index (χ1n) is 8.90. The minimum absolute atomic E-state index is 0. The molecule has 1 aromatic rings. The molecule has 27 heavy (non-hydrogen) atoms. The van der Waals surface area contributed by atoms with Crippen molar-refractivity contribution in [1.29, 1.82) is 0 Å². The number of likely N-dealkylation sites (tertiary alicyclic amines) is 1. The Hall–Kier alpha value is -1.35. The lowest BCUT2D eigenvalue weighted by Crippen LogP contribution is -2.35. The predicted octanol–water partition coefficient (Wildman–Crippen LogP) is 1.96. The number of nitrogens with zero attached hydrogens (tertiary/aromatic N) is 2. The van der Waals surface area contributed by atoms with E-state index in [1.807, 2.05) is 0 Å². The van der Waals surface area contributed by atoms with Crippen LogP contribution in [0.2, 0.25) is 0 Å². The topological polar surface area (TPSA) is 92.9 Å². The molecule has 1 amide bonds. The van der Waals surface area contributed by atoms with Gasteiger partial charge in [-0.05, 0) is 36.6 Å². The molecule has 2 N–H and O–H groups in total. The maximum atomic E-state index is 13.0. The molecule has 1 saturated heterocycles. The Bertz CT molecular complexity index is 768. The fourth-order valence-corrected chi connectivity index (χ4v) is 4.75. The van der Waals surface area contributed by atoms with Gasteiger partial charge in [0.05, 0.1) is 17.6 Å². The molecule has 1 atom stereocenters. The van der Waals surface area contributed by atoms with Gasteiger partial charge in [-0.15, -0.1) is 12.4 Å². The summed E-state index contributed by atoms with van der Waals surface area (Å²) in [7, 11) is -2.18. The van der Waals surface area contributed by atoms with Crippen molar-refractivity contribution in [3.05, 3.63) is 23.8 Å². The normalized spacial score (nSPS) is 19.9. The molecule has 9 heteroatoms. The number of benzene rings is 1. The monoisotopic (exact) mass is 419 g/mol. The zero-order valence-corrected chi connectivity index (χ0v) is 18.0. The average molecular weight is 420 g/mol. The van der Waals surface area contributed by atoms with Crippen LogP contribution in [0.3, 0.4) is 0 Å². The highest BCUT2D eigenvalue weighted by molar-refractivity contribution is 7.89. The van der Waals surface area contributed by atoms with E-state index in [0.29, 0.717) is 38.5 Å². The summed E-state index contributed by atoms with van der Waals surface area (Å²) >= 11 is 0. The van der Waals surface area contributed by atoms with Crippen LogP contribution in [0.1, 0.15) is 37.6 Å². The van der Waals surface area contributed by atoms with Gasteiger partial charge in [0.25, 0.3) is 5.91 Å². The molecular formula is C18H30ClN3O4S. The van der Waals surface area contributed by atoms with Gasteiger partial charge in [0.15, 0.2) is 0 Å². The summed E-state index contributed by atoms with van der Waals surface area (Å²) in [6.45, 7) is 8.03. The third kappa shape index (κ3) is 4.74. The zero-order chi connectivity index (χ0) is 19.5. The highest BCUT2D eigenvalue weighted by atomic mass is 35.5. The number of halogens is 1. The van der Waals surface area contributed by atoms with E-state index in [1.165, 1.54) is 23.5 Å². The molecule has 1 heterocycles. The number of nitrogens with two attached hydrogens (primary N) is 1. The average Bonchev–Trinajstić information content (AvgIpc) is 3.04. The molecule has 0 aromatic heterocycles. The third-order valence-electron chi connectivity index (χ3n) is 5.08. The van der Waals surface area contributed by atoms with Crippen molar-refractivity contribution in [3.63, 3.8) is 0 Å². The summed E-state index contributed by atoms with van der Waals surface area (Å²) in [5, 5.41) is 0. The summed E-state index contributed by atoms with van der Waals surface area (Å²) in [5.74, 6) is 0.144. The van der Waals surface area contributed by atoms with Crippen molar-refractivity contribution in [1.82, 2.24) is 9.21 Å². The lowest BCUT2D eigenvalue weighted by molar-refractivity contribution is 0.0773. The largest absolute Gasteiger partial charge is 0.496 e. The Morgan fingerprint density at radius 2 is 1.96 bits per heavy atom.